The molecule has 2 heterocycles. The smallest absolute Gasteiger partial charge is 0.339 e. The van der Waals surface area contributed by atoms with Crippen LogP contribution in [0.2, 0.25) is 0 Å². The van der Waals surface area contributed by atoms with Crippen LogP contribution in [-0.2, 0) is 17.4 Å². The van der Waals surface area contributed by atoms with Crippen molar-refractivity contribution in [1.29, 1.82) is 0 Å². The van der Waals surface area contributed by atoms with Gasteiger partial charge in [0.1, 0.15) is 0 Å². The number of rotatable bonds is 6. The third kappa shape index (κ3) is 4.68. The highest BCUT2D eigenvalue weighted by molar-refractivity contribution is 5.93. The van der Waals surface area contributed by atoms with Crippen LogP contribution < -0.4 is 5.32 Å². The van der Waals surface area contributed by atoms with Crippen molar-refractivity contribution < 1.29 is 22.5 Å². The number of carbonyl (C=O) groups is 1. The van der Waals surface area contributed by atoms with Gasteiger partial charge in [0, 0.05) is 19.5 Å². The largest absolute Gasteiger partial charge is 0.418 e. The van der Waals surface area contributed by atoms with Crippen molar-refractivity contribution >= 4 is 11.6 Å². The van der Waals surface area contributed by atoms with Crippen molar-refractivity contribution in [2.45, 2.75) is 18.5 Å². The predicted molar refractivity (Wildman–Crippen MR) is 103 cm³/mol. The molecule has 2 aromatic carbocycles. The Balaban J connectivity index is 1.28. The highest BCUT2D eigenvalue weighted by atomic mass is 19.4. The number of para-hydroxylation sites is 1. The molecule has 4 rings (SSSR count). The fourth-order valence-corrected chi connectivity index (χ4v) is 3.37. The Bertz CT molecular complexity index is 1010. The normalized spacial score (nSPS) is 15.0. The summed E-state index contributed by atoms with van der Waals surface area (Å²) in [7, 11) is 0. The maximum atomic E-state index is 13.0. The van der Waals surface area contributed by atoms with E-state index in [0.717, 1.165) is 11.6 Å². The first-order valence-corrected chi connectivity index (χ1v) is 9.43. The number of likely N-dealkylation sites (tertiary alicyclic amines) is 1. The van der Waals surface area contributed by atoms with Crippen molar-refractivity contribution in [2.24, 2.45) is 0 Å². The lowest BCUT2D eigenvalue weighted by Gasteiger charge is -2.36. The van der Waals surface area contributed by atoms with E-state index in [1.807, 2.05) is 35.2 Å². The molecule has 0 atom stereocenters. The zero-order chi connectivity index (χ0) is 21.1. The number of nitrogens with one attached hydrogen (secondary N) is 1. The molecule has 156 valence electrons. The second-order valence-electron chi connectivity index (χ2n) is 7.19. The molecule has 1 aliphatic heterocycles. The van der Waals surface area contributed by atoms with Gasteiger partial charge in [0.05, 0.1) is 23.7 Å². The first-order chi connectivity index (χ1) is 14.4. The molecule has 1 aliphatic rings. The Morgan fingerprint density at radius 3 is 2.53 bits per heavy atom. The number of hydrogen-bond donors (Lipinski definition) is 1. The number of hydrogen-bond acceptors (Lipinski definition) is 5. The Kier molecular flexibility index (Phi) is 5.54. The average molecular weight is 416 g/mol. The second-order valence-corrected chi connectivity index (χ2v) is 7.19. The minimum absolute atomic E-state index is 0.00625. The second kappa shape index (κ2) is 8.27. The first-order valence-electron chi connectivity index (χ1n) is 9.43. The van der Waals surface area contributed by atoms with Crippen LogP contribution in [0.25, 0.3) is 0 Å². The van der Waals surface area contributed by atoms with E-state index < -0.39 is 17.6 Å². The molecule has 1 saturated heterocycles. The summed E-state index contributed by atoms with van der Waals surface area (Å²) in [6, 6.07) is 14.7. The van der Waals surface area contributed by atoms with Crippen LogP contribution in [-0.4, -0.2) is 40.6 Å². The number of anilines is 1. The lowest BCUT2D eigenvalue weighted by Crippen LogP contribution is -2.48. The van der Waals surface area contributed by atoms with E-state index in [9.17, 15) is 18.0 Å². The minimum atomic E-state index is -4.53. The lowest BCUT2D eigenvalue weighted by atomic mass is 10.0. The molecule has 1 fully saturated rings. The molecule has 3 aromatic rings. The predicted octanol–water partition coefficient (Wildman–Crippen LogP) is 3.72. The van der Waals surface area contributed by atoms with E-state index in [-0.39, 0.29) is 18.2 Å². The molecule has 1 N–H and O–H groups in total. The molecule has 0 unspecified atom stereocenters. The Labute approximate surface area is 170 Å². The Morgan fingerprint density at radius 1 is 1.10 bits per heavy atom. The number of amides is 1. The highest BCUT2D eigenvalue weighted by Crippen LogP contribution is 2.34. The van der Waals surface area contributed by atoms with Crippen molar-refractivity contribution in [3.8, 4) is 0 Å². The summed E-state index contributed by atoms with van der Waals surface area (Å²) >= 11 is 0. The maximum absolute atomic E-state index is 13.0. The summed E-state index contributed by atoms with van der Waals surface area (Å²) in [5.74, 6) is 0.619. The quantitative estimate of drug-likeness (QED) is 0.663. The first kappa shape index (κ1) is 20.1. The summed E-state index contributed by atoms with van der Waals surface area (Å²) in [5.41, 5.74) is -0.0259. The summed E-state index contributed by atoms with van der Waals surface area (Å²) in [6.07, 6.45) is -3.96. The fraction of sp³-hybridized carbons (Fsp3) is 0.286. The molecule has 6 nitrogen and oxygen atoms in total. The zero-order valence-corrected chi connectivity index (χ0v) is 15.9. The van der Waals surface area contributed by atoms with Gasteiger partial charge >= 0.3 is 6.18 Å². The summed E-state index contributed by atoms with van der Waals surface area (Å²) < 4.78 is 44.4. The topological polar surface area (TPSA) is 71.3 Å². The third-order valence-corrected chi connectivity index (χ3v) is 4.87. The molecule has 9 heteroatoms. The molecule has 0 spiro atoms. The number of halogens is 3. The van der Waals surface area contributed by atoms with E-state index in [0.29, 0.717) is 31.2 Å². The van der Waals surface area contributed by atoms with Gasteiger partial charge in [-0.15, -0.1) is 0 Å². The SMILES string of the molecule is O=C(CN1CC(c2nc(Cc3ccccc3)no2)C1)Nc1ccccc1C(F)(F)F. The molecule has 30 heavy (non-hydrogen) atoms. The average Bonchev–Trinajstić information content (AvgIpc) is 3.12. The fourth-order valence-electron chi connectivity index (χ4n) is 3.37. The number of alkyl halides is 3. The number of carbonyl (C=O) groups excluding carboxylic acids is 1. The van der Waals surface area contributed by atoms with Gasteiger partial charge in [0.2, 0.25) is 11.8 Å². The van der Waals surface area contributed by atoms with Gasteiger partial charge in [-0.2, -0.15) is 18.2 Å². The van der Waals surface area contributed by atoms with Gasteiger partial charge < -0.3 is 9.84 Å². The maximum Gasteiger partial charge on any atom is 0.418 e. The van der Waals surface area contributed by atoms with Crippen molar-refractivity contribution in [2.75, 3.05) is 25.0 Å². The van der Waals surface area contributed by atoms with Crippen LogP contribution in [0.5, 0.6) is 0 Å². The van der Waals surface area contributed by atoms with Crippen LogP contribution in [0.4, 0.5) is 18.9 Å². The van der Waals surface area contributed by atoms with E-state index in [1.54, 1.807) is 0 Å². The van der Waals surface area contributed by atoms with Gasteiger partial charge in [0.25, 0.3) is 0 Å². The van der Waals surface area contributed by atoms with Crippen LogP contribution >= 0.6 is 0 Å². The molecule has 0 radical (unpaired) electrons. The highest BCUT2D eigenvalue weighted by Gasteiger charge is 2.35. The van der Waals surface area contributed by atoms with E-state index in [2.05, 4.69) is 15.5 Å². The summed E-state index contributed by atoms with van der Waals surface area (Å²) in [5, 5.41) is 6.35. The van der Waals surface area contributed by atoms with E-state index >= 15 is 0 Å². The zero-order valence-electron chi connectivity index (χ0n) is 15.9. The summed E-state index contributed by atoms with van der Waals surface area (Å²) in [4.78, 5) is 18.4. The third-order valence-electron chi connectivity index (χ3n) is 4.87. The lowest BCUT2D eigenvalue weighted by molar-refractivity contribution is -0.137. The van der Waals surface area contributed by atoms with E-state index in [1.165, 1.54) is 18.2 Å². The van der Waals surface area contributed by atoms with Crippen LogP contribution in [0.15, 0.2) is 59.1 Å². The molecule has 0 bridgehead atoms. The standard InChI is InChI=1S/C21H19F3N4O2/c22-21(23,24)16-8-4-5-9-17(16)25-19(29)13-28-11-15(12-28)20-26-18(27-30-20)10-14-6-2-1-3-7-14/h1-9,15H,10-13H2,(H,25,29). The van der Waals surface area contributed by atoms with Crippen LogP contribution in [0.1, 0.15) is 28.8 Å². The Hall–Kier alpha value is -3.20. The number of aromatic nitrogens is 2. The van der Waals surface area contributed by atoms with Gasteiger partial charge in [-0.3, -0.25) is 9.69 Å². The molecule has 1 amide bonds. The minimum Gasteiger partial charge on any atom is -0.339 e. The number of benzene rings is 2. The van der Waals surface area contributed by atoms with Gasteiger partial charge in [0.15, 0.2) is 5.82 Å². The van der Waals surface area contributed by atoms with Gasteiger partial charge in [-0.05, 0) is 17.7 Å². The molecule has 0 aliphatic carbocycles. The molecular formula is C21H19F3N4O2. The van der Waals surface area contributed by atoms with E-state index in [4.69, 9.17) is 4.52 Å². The molecule has 0 saturated carbocycles. The summed E-state index contributed by atoms with van der Waals surface area (Å²) in [6.45, 7) is 1.05. The number of nitrogens with zero attached hydrogens (tertiary/aromatic N) is 3. The monoisotopic (exact) mass is 416 g/mol. The van der Waals surface area contributed by atoms with Gasteiger partial charge in [-0.25, -0.2) is 0 Å². The van der Waals surface area contributed by atoms with Crippen molar-refractivity contribution in [3.63, 3.8) is 0 Å². The van der Waals surface area contributed by atoms with Crippen LogP contribution in [0.3, 0.4) is 0 Å². The van der Waals surface area contributed by atoms with Crippen molar-refractivity contribution in [3.05, 3.63) is 77.4 Å². The van der Waals surface area contributed by atoms with Crippen molar-refractivity contribution in [1.82, 2.24) is 15.0 Å². The molecular weight excluding hydrogens is 397 g/mol. The van der Waals surface area contributed by atoms with Crippen LogP contribution in [0, 0.1) is 0 Å². The van der Waals surface area contributed by atoms with Gasteiger partial charge in [-0.1, -0.05) is 47.6 Å². The molecule has 1 aromatic heterocycles. The Morgan fingerprint density at radius 2 is 1.80 bits per heavy atom.